The van der Waals surface area contributed by atoms with Gasteiger partial charge in [-0.1, -0.05) is 30.3 Å². The molecule has 29 heavy (non-hydrogen) atoms. The van der Waals surface area contributed by atoms with Gasteiger partial charge in [0.1, 0.15) is 5.82 Å². The molecule has 4 heterocycles. The fourth-order valence-corrected chi connectivity index (χ4v) is 4.67. The minimum atomic E-state index is -1.15. The molecule has 5 rings (SSSR count). The summed E-state index contributed by atoms with van der Waals surface area (Å²) in [4.78, 5) is 34.9. The van der Waals surface area contributed by atoms with Crippen LogP contribution in [-0.2, 0) is 11.3 Å². The average Bonchev–Trinajstić information content (AvgIpc) is 3.28. The summed E-state index contributed by atoms with van der Waals surface area (Å²) in [6.07, 6.45) is 3.13. The van der Waals surface area contributed by atoms with Crippen molar-refractivity contribution >= 4 is 5.91 Å². The van der Waals surface area contributed by atoms with E-state index in [-0.39, 0.29) is 23.3 Å². The van der Waals surface area contributed by atoms with Crippen molar-refractivity contribution in [2.45, 2.75) is 25.0 Å². The van der Waals surface area contributed by atoms with Crippen LogP contribution in [0.2, 0.25) is 0 Å². The predicted molar refractivity (Wildman–Crippen MR) is 107 cm³/mol. The zero-order chi connectivity index (χ0) is 20.0. The quantitative estimate of drug-likeness (QED) is 0.715. The van der Waals surface area contributed by atoms with Crippen LogP contribution in [0.5, 0.6) is 0 Å². The van der Waals surface area contributed by atoms with E-state index >= 15 is 0 Å². The molecule has 148 valence electrons. The molecule has 3 aromatic rings. The first-order valence-corrected chi connectivity index (χ1v) is 9.87. The summed E-state index contributed by atoms with van der Waals surface area (Å²) >= 11 is 0. The fraction of sp³-hybridized carbons (Fsp3) is 0.318. The van der Waals surface area contributed by atoms with Gasteiger partial charge < -0.3 is 19.6 Å². The standard InChI is InChI=1S/C22H22N4O3/c27-19(15-4-2-1-3-5-15)22(29)25-11-14-10-16(13-25)18-7-6-17(20-23-8-9-24-20)21(28)26(18)12-14/h1-9,14,16,19,27H,10-13H2,(H,23,24)/t14-,16+,19-/m0/s1. The summed E-state index contributed by atoms with van der Waals surface area (Å²) < 4.78 is 1.84. The molecule has 2 aliphatic heterocycles. The Morgan fingerprint density at radius 1 is 1.14 bits per heavy atom. The van der Waals surface area contributed by atoms with Gasteiger partial charge in [0, 0.05) is 43.6 Å². The Bertz CT molecular complexity index is 1090. The minimum absolute atomic E-state index is 0.0451. The van der Waals surface area contributed by atoms with Crippen molar-refractivity contribution in [1.82, 2.24) is 19.4 Å². The number of hydrogen-bond donors (Lipinski definition) is 2. The Labute approximate surface area is 167 Å². The van der Waals surface area contributed by atoms with E-state index in [1.165, 1.54) is 0 Å². The molecule has 2 N–H and O–H groups in total. The van der Waals surface area contributed by atoms with Crippen LogP contribution < -0.4 is 5.56 Å². The Morgan fingerprint density at radius 3 is 2.72 bits per heavy atom. The van der Waals surface area contributed by atoms with E-state index in [2.05, 4.69) is 9.97 Å². The minimum Gasteiger partial charge on any atom is -0.378 e. The number of fused-ring (bicyclic) bond motifs is 4. The van der Waals surface area contributed by atoms with Gasteiger partial charge in [0.25, 0.3) is 11.5 Å². The lowest BCUT2D eigenvalue weighted by Crippen LogP contribution is -2.50. The SMILES string of the molecule is O=C([C@@H](O)c1ccccc1)N1C[C@@H]2C[C@H](C1)c1ccc(-c3ncc[nH]3)c(=O)n1C2. The van der Waals surface area contributed by atoms with Crippen molar-refractivity contribution in [3.63, 3.8) is 0 Å². The molecule has 1 aromatic carbocycles. The second-order valence-corrected chi connectivity index (χ2v) is 7.88. The van der Waals surface area contributed by atoms with Crippen LogP contribution in [0.25, 0.3) is 11.4 Å². The molecular formula is C22H22N4O3. The van der Waals surface area contributed by atoms with Crippen LogP contribution in [0, 0.1) is 5.92 Å². The maximum atomic E-state index is 13.0. The Balaban J connectivity index is 1.42. The first kappa shape index (κ1) is 17.9. The molecule has 2 aromatic heterocycles. The van der Waals surface area contributed by atoms with Crippen LogP contribution in [0.1, 0.15) is 29.7 Å². The zero-order valence-electron chi connectivity index (χ0n) is 15.9. The Hall–Kier alpha value is -3.19. The molecular weight excluding hydrogens is 368 g/mol. The summed E-state index contributed by atoms with van der Waals surface area (Å²) in [7, 11) is 0. The molecule has 0 spiro atoms. The molecule has 1 fully saturated rings. The number of piperidine rings is 1. The number of carbonyl (C=O) groups excluding carboxylic acids is 1. The van der Waals surface area contributed by atoms with Gasteiger partial charge in [-0.05, 0) is 30.0 Å². The van der Waals surface area contributed by atoms with Crippen LogP contribution in [0.15, 0.2) is 59.7 Å². The summed E-state index contributed by atoms with van der Waals surface area (Å²) in [5.74, 6) is 0.586. The number of likely N-dealkylation sites (tertiary alicyclic amines) is 1. The molecule has 7 heteroatoms. The van der Waals surface area contributed by atoms with Crippen molar-refractivity contribution in [1.29, 1.82) is 0 Å². The Kier molecular flexibility index (Phi) is 4.32. The molecule has 7 nitrogen and oxygen atoms in total. The topological polar surface area (TPSA) is 91.2 Å². The number of H-pyrrole nitrogens is 1. The largest absolute Gasteiger partial charge is 0.378 e. The van der Waals surface area contributed by atoms with E-state index in [0.29, 0.717) is 36.6 Å². The second kappa shape index (κ2) is 7.00. The van der Waals surface area contributed by atoms with E-state index < -0.39 is 6.10 Å². The Morgan fingerprint density at radius 2 is 1.97 bits per heavy atom. The molecule has 0 radical (unpaired) electrons. The van der Waals surface area contributed by atoms with E-state index in [4.69, 9.17) is 0 Å². The molecule has 3 atom stereocenters. The van der Waals surface area contributed by atoms with Crippen LogP contribution >= 0.6 is 0 Å². The number of aliphatic hydroxyl groups excluding tert-OH is 1. The van der Waals surface area contributed by atoms with E-state index in [9.17, 15) is 14.7 Å². The molecule has 0 saturated carbocycles. The maximum Gasteiger partial charge on any atom is 0.261 e. The number of hydrogen-bond acceptors (Lipinski definition) is 4. The lowest BCUT2D eigenvalue weighted by atomic mass is 9.82. The first-order valence-electron chi connectivity index (χ1n) is 9.87. The average molecular weight is 390 g/mol. The lowest BCUT2D eigenvalue weighted by molar-refractivity contribution is -0.143. The number of carbonyl (C=O) groups is 1. The number of amides is 1. The third-order valence-electron chi connectivity index (χ3n) is 6.02. The summed E-state index contributed by atoms with van der Waals surface area (Å²) in [5.41, 5.74) is 2.07. The third kappa shape index (κ3) is 3.07. The smallest absolute Gasteiger partial charge is 0.261 e. The molecule has 0 unspecified atom stereocenters. The second-order valence-electron chi connectivity index (χ2n) is 7.88. The van der Waals surface area contributed by atoms with Crippen LogP contribution in [0.3, 0.4) is 0 Å². The number of nitrogens with one attached hydrogen (secondary N) is 1. The molecule has 2 bridgehead atoms. The van der Waals surface area contributed by atoms with Crippen molar-refractivity contribution in [3.8, 4) is 11.4 Å². The molecule has 2 aliphatic rings. The highest BCUT2D eigenvalue weighted by Gasteiger charge is 2.38. The number of rotatable bonds is 3. The summed E-state index contributed by atoms with van der Waals surface area (Å²) in [6.45, 7) is 1.64. The lowest BCUT2D eigenvalue weighted by Gasteiger charge is -2.43. The number of benzene rings is 1. The van der Waals surface area contributed by atoms with Gasteiger partial charge in [-0.2, -0.15) is 0 Å². The number of aliphatic hydroxyl groups is 1. The highest BCUT2D eigenvalue weighted by atomic mass is 16.3. The molecule has 1 amide bonds. The molecule has 1 saturated heterocycles. The van der Waals surface area contributed by atoms with E-state index in [1.807, 2.05) is 34.9 Å². The highest BCUT2D eigenvalue weighted by Crippen LogP contribution is 2.36. The van der Waals surface area contributed by atoms with Crippen molar-refractivity contribution < 1.29 is 9.90 Å². The van der Waals surface area contributed by atoms with Crippen LogP contribution in [-0.4, -0.2) is 43.5 Å². The number of imidazole rings is 1. The highest BCUT2D eigenvalue weighted by molar-refractivity contribution is 5.82. The normalized spacial score (nSPS) is 21.5. The summed E-state index contributed by atoms with van der Waals surface area (Å²) in [5, 5.41) is 10.5. The van der Waals surface area contributed by atoms with Gasteiger partial charge in [-0.15, -0.1) is 0 Å². The van der Waals surface area contributed by atoms with Gasteiger partial charge in [0.05, 0.1) is 5.56 Å². The van der Waals surface area contributed by atoms with Gasteiger partial charge in [-0.3, -0.25) is 9.59 Å². The number of aromatic nitrogens is 3. The van der Waals surface area contributed by atoms with Gasteiger partial charge >= 0.3 is 0 Å². The summed E-state index contributed by atoms with van der Waals surface area (Å²) in [6, 6.07) is 12.8. The number of nitrogens with zero attached hydrogens (tertiary/aromatic N) is 3. The van der Waals surface area contributed by atoms with Crippen LogP contribution in [0.4, 0.5) is 0 Å². The maximum absolute atomic E-state index is 13.0. The fourth-order valence-electron chi connectivity index (χ4n) is 4.67. The van der Waals surface area contributed by atoms with Crippen molar-refractivity contribution in [2.75, 3.05) is 13.1 Å². The van der Waals surface area contributed by atoms with Gasteiger partial charge in [0.2, 0.25) is 0 Å². The number of pyridine rings is 1. The number of aromatic amines is 1. The first-order chi connectivity index (χ1) is 14.1. The third-order valence-corrected chi connectivity index (χ3v) is 6.02. The van der Waals surface area contributed by atoms with Crippen molar-refractivity contribution in [3.05, 3.63) is 76.5 Å². The molecule has 0 aliphatic carbocycles. The zero-order valence-corrected chi connectivity index (χ0v) is 15.9. The van der Waals surface area contributed by atoms with Gasteiger partial charge in [0.15, 0.2) is 6.10 Å². The predicted octanol–water partition coefficient (Wildman–Crippen LogP) is 1.92. The monoisotopic (exact) mass is 390 g/mol. The van der Waals surface area contributed by atoms with Gasteiger partial charge in [-0.25, -0.2) is 4.98 Å². The van der Waals surface area contributed by atoms with E-state index in [0.717, 1.165) is 12.1 Å². The van der Waals surface area contributed by atoms with E-state index in [1.54, 1.807) is 29.4 Å². The van der Waals surface area contributed by atoms with Crippen molar-refractivity contribution in [2.24, 2.45) is 5.92 Å².